The maximum absolute atomic E-state index is 10.6. The molecule has 4 heteroatoms. The lowest BCUT2D eigenvalue weighted by atomic mass is 10.1. The Balaban J connectivity index is 2.88. The van der Waals surface area contributed by atoms with Gasteiger partial charge in [0.2, 0.25) is 0 Å². The molecule has 1 aromatic rings. The van der Waals surface area contributed by atoms with Crippen LogP contribution in [0.5, 0.6) is 5.75 Å². The van der Waals surface area contributed by atoms with E-state index < -0.39 is 5.97 Å². The molecule has 0 amide bonds. The molecule has 1 N–H and O–H groups in total. The molecule has 0 atom stereocenters. The van der Waals surface area contributed by atoms with Crippen molar-refractivity contribution < 1.29 is 14.6 Å². The van der Waals surface area contributed by atoms with Gasteiger partial charge in [0.25, 0.3) is 0 Å². The highest BCUT2D eigenvalue weighted by Gasteiger charge is 2.10. The third-order valence-corrected chi connectivity index (χ3v) is 3.32. The highest BCUT2D eigenvalue weighted by atomic mass is 35.5. The van der Waals surface area contributed by atoms with Crippen LogP contribution in [0.15, 0.2) is 24.3 Å². The Morgan fingerprint density at radius 3 is 2.68 bits per heavy atom. The van der Waals surface area contributed by atoms with Gasteiger partial charge in [-0.05, 0) is 18.1 Å². The van der Waals surface area contributed by atoms with Crippen LogP contribution in [0.3, 0.4) is 0 Å². The van der Waals surface area contributed by atoms with Crippen molar-refractivity contribution in [3.63, 3.8) is 0 Å². The molecular formula is C15H19ClO3. The molecule has 0 heterocycles. The smallest absolute Gasteiger partial charge is 0.328 e. The first-order chi connectivity index (χ1) is 9.08. The maximum atomic E-state index is 10.6. The van der Waals surface area contributed by atoms with Gasteiger partial charge in [0.05, 0.1) is 11.6 Å². The van der Waals surface area contributed by atoms with Crippen molar-refractivity contribution in [1.29, 1.82) is 0 Å². The highest BCUT2D eigenvalue weighted by molar-refractivity contribution is 6.32. The van der Waals surface area contributed by atoms with E-state index >= 15 is 0 Å². The number of rotatable bonds is 7. The number of carboxylic acid groups (broad SMARTS) is 1. The van der Waals surface area contributed by atoms with Gasteiger partial charge in [0, 0.05) is 11.6 Å². The van der Waals surface area contributed by atoms with Crippen LogP contribution in [0.2, 0.25) is 5.02 Å². The summed E-state index contributed by atoms with van der Waals surface area (Å²) in [5.41, 5.74) is 0.681. The van der Waals surface area contributed by atoms with E-state index in [9.17, 15) is 4.79 Å². The summed E-state index contributed by atoms with van der Waals surface area (Å²) in [4.78, 5) is 10.6. The first-order valence-electron chi connectivity index (χ1n) is 6.40. The van der Waals surface area contributed by atoms with E-state index in [0.717, 1.165) is 18.9 Å². The molecule has 0 aromatic heterocycles. The summed E-state index contributed by atoms with van der Waals surface area (Å²) >= 11 is 6.11. The van der Waals surface area contributed by atoms with Gasteiger partial charge in [-0.25, -0.2) is 4.79 Å². The standard InChI is InChI=1S/C15H19ClO3/c1-3-11(4-2)10-19-15-12(8-9-14(17)18)6-5-7-13(15)16/h5-9,11H,3-4,10H2,1-2H3,(H,17,18)/b9-8+. The van der Waals surface area contributed by atoms with Crippen LogP contribution < -0.4 is 4.74 Å². The first-order valence-corrected chi connectivity index (χ1v) is 6.78. The van der Waals surface area contributed by atoms with E-state index in [0.29, 0.717) is 28.9 Å². The molecule has 19 heavy (non-hydrogen) atoms. The van der Waals surface area contributed by atoms with Crippen LogP contribution in [0, 0.1) is 5.92 Å². The molecule has 0 aliphatic carbocycles. The Morgan fingerprint density at radius 2 is 2.11 bits per heavy atom. The molecular weight excluding hydrogens is 264 g/mol. The lowest BCUT2D eigenvalue weighted by Crippen LogP contribution is -2.10. The topological polar surface area (TPSA) is 46.5 Å². The Hall–Kier alpha value is -1.48. The summed E-state index contributed by atoms with van der Waals surface area (Å²) < 4.78 is 5.77. The van der Waals surface area contributed by atoms with Gasteiger partial charge in [-0.3, -0.25) is 0 Å². The van der Waals surface area contributed by atoms with Crippen LogP contribution in [-0.4, -0.2) is 17.7 Å². The fraction of sp³-hybridized carbons (Fsp3) is 0.400. The van der Waals surface area contributed by atoms with Crippen molar-refractivity contribution in [2.75, 3.05) is 6.61 Å². The number of carbonyl (C=O) groups is 1. The number of aliphatic carboxylic acids is 1. The van der Waals surface area contributed by atoms with E-state index in [1.807, 2.05) is 0 Å². The third-order valence-electron chi connectivity index (χ3n) is 3.02. The van der Waals surface area contributed by atoms with E-state index in [2.05, 4.69) is 13.8 Å². The predicted octanol–water partition coefficient (Wildman–Crippen LogP) is 4.25. The molecule has 0 aliphatic heterocycles. The van der Waals surface area contributed by atoms with E-state index in [1.54, 1.807) is 18.2 Å². The second-order valence-electron chi connectivity index (χ2n) is 4.32. The van der Waals surface area contributed by atoms with Crippen LogP contribution >= 0.6 is 11.6 Å². The molecule has 0 aliphatic rings. The zero-order chi connectivity index (χ0) is 14.3. The van der Waals surface area contributed by atoms with Gasteiger partial charge >= 0.3 is 5.97 Å². The van der Waals surface area contributed by atoms with Gasteiger partial charge in [-0.2, -0.15) is 0 Å². The van der Waals surface area contributed by atoms with E-state index in [1.165, 1.54) is 6.08 Å². The van der Waals surface area contributed by atoms with Crippen molar-refractivity contribution in [2.45, 2.75) is 26.7 Å². The minimum absolute atomic E-state index is 0.479. The molecule has 0 spiro atoms. The van der Waals surface area contributed by atoms with Crippen molar-refractivity contribution in [1.82, 2.24) is 0 Å². The molecule has 104 valence electrons. The third kappa shape index (κ3) is 4.95. The lowest BCUT2D eigenvalue weighted by molar-refractivity contribution is -0.131. The fourth-order valence-corrected chi connectivity index (χ4v) is 1.93. The van der Waals surface area contributed by atoms with E-state index in [4.69, 9.17) is 21.4 Å². The number of hydrogen-bond donors (Lipinski definition) is 1. The van der Waals surface area contributed by atoms with Gasteiger partial charge < -0.3 is 9.84 Å². The van der Waals surface area contributed by atoms with Crippen LogP contribution in [0.4, 0.5) is 0 Å². The summed E-state index contributed by atoms with van der Waals surface area (Å²) in [5.74, 6) is 0.0343. The normalized spacial score (nSPS) is 11.2. The largest absolute Gasteiger partial charge is 0.491 e. The Labute approximate surface area is 118 Å². The number of para-hydroxylation sites is 1. The SMILES string of the molecule is CCC(CC)COc1c(Cl)cccc1/C=C/C(=O)O. The number of carboxylic acids is 1. The quantitative estimate of drug-likeness (QED) is 0.760. The van der Waals surface area contributed by atoms with E-state index in [-0.39, 0.29) is 0 Å². The molecule has 0 saturated heterocycles. The van der Waals surface area contributed by atoms with Gasteiger partial charge in [-0.1, -0.05) is 50.4 Å². The summed E-state index contributed by atoms with van der Waals surface area (Å²) in [6.07, 6.45) is 4.66. The second kappa shape index (κ2) is 7.85. The molecule has 0 bridgehead atoms. The monoisotopic (exact) mass is 282 g/mol. The van der Waals surface area contributed by atoms with Crippen molar-refractivity contribution >= 4 is 23.6 Å². The predicted molar refractivity (Wildman–Crippen MR) is 77.7 cm³/mol. The molecule has 1 aromatic carbocycles. The Bertz CT molecular complexity index is 451. The van der Waals surface area contributed by atoms with Gasteiger partial charge in [0.15, 0.2) is 0 Å². The van der Waals surface area contributed by atoms with Crippen LogP contribution in [0.25, 0.3) is 6.08 Å². The van der Waals surface area contributed by atoms with Gasteiger partial charge in [0.1, 0.15) is 5.75 Å². The second-order valence-corrected chi connectivity index (χ2v) is 4.73. The number of hydrogen-bond acceptors (Lipinski definition) is 2. The molecule has 0 radical (unpaired) electrons. The first kappa shape index (κ1) is 15.6. The molecule has 1 rings (SSSR count). The summed E-state index contributed by atoms with van der Waals surface area (Å²) in [7, 11) is 0. The highest BCUT2D eigenvalue weighted by Crippen LogP contribution is 2.30. The zero-order valence-corrected chi connectivity index (χ0v) is 12.0. The Morgan fingerprint density at radius 1 is 1.42 bits per heavy atom. The Kier molecular flexibility index (Phi) is 6.43. The minimum atomic E-state index is -0.995. The minimum Gasteiger partial charge on any atom is -0.491 e. The summed E-state index contributed by atoms with van der Waals surface area (Å²) in [6, 6.07) is 5.29. The molecule has 0 unspecified atom stereocenters. The van der Waals surface area contributed by atoms with Crippen molar-refractivity contribution in [3.05, 3.63) is 34.9 Å². The molecule has 0 saturated carbocycles. The molecule has 0 fully saturated rings. The van der Waals surface area contributed by atoms with Crippen molar-refractivity contribution in [3.8, 4) is 5.75 Å². The fourth-order valence-electron chi connectivity index (χ4n) is 1.70. The zero-order valence-electron chi connectivity index (χ0n) is 11.2. The molecule has 3 nitrogen and oxygen atoms in total. The van der Waals surface area contributed by atoms with Crippen molar-refractivity contribution in [2.24, 2.45) is 5.92 Å². The number of benzene rings is 1. The van der Waals surface area contributed by atoms with Gasteiger partial charge in [-0.15, -0.1) is 0 Å². The number of ether oxygens (including phenoxy) is 1. The average molecular weight is 283 g/mol. The summed E-state index contributed by atoms with van der Waals surface area (Å²) in [6.45, 7) is 4.83. The van der Waals surface area contributed by atoms with Crippen LogP contribution in [-0.2, 0) is 4.79 Å². The van der Waals surface area contributed by atoms with Crippen LogP contribution in [0.1, 0.15) is 32.3 Å². The maximum Gasteiger partial charge on any atom is 0.328 e. The number of halogens is 1. The lowest BCUT2D eigenvalue weighted by Gasteiger charge is -2.16. The summed E-state index contributed by atoms with van der Waals surface area (Å²) in [5, 5.41) is 9.17. The average Bonchev–Trinajstić information content (AvgIpc) is 2.39.